The molecule has 0 atom stereocenters. The summed E-state index contributed by atoms with van der Waals surface area (Å²) in [6.07, 6.45) is 9.54. The van der Waals surface area contributed by atoms with Gasteiger partial charge in [-0.2, -0.15) is 0 Å². The van der Waals surface area contributed by atoms with E-state index in [0.29, 0.717) is 0 Å². The fourth-order valence-electron chi connectivity index (χ4n) is 2.38. The Morgan fingerprint density at radius 1 is 0.955 bits per heavy atom. The summed E-state index contributed by atoms with van der Waals surface area (Å²) in [6, 6.07) is 10.5. The van der Waals surface area contributed by atoms with Crippen LogP contribution in [-0.2, 0) is 6.54 Å². The van der Waals surface area contributed by atoms with Crippen molar-refractivity contribution in [3.63, 3.8) is 0 Å². The van der Waals surface area contributed by atoms with Gasteiger partial charge < -0.3 is 4.57 Å². The predicted molar refractivity (Wildman–Crippen MR) is 90.5 cm³/mol. The zero-order chi connectivity index (χ0) is 14.7. The van der Waals surface area contributed by atoms with Gasteiger partial charge in [0, 0.05) is 42.5 Å². The van der Waals surface area contributed by atoms with Crippen molar-refractivity contribution in [1.82, 2.24) is 9.55 Å². The number of hydrogen-bond acceptors (Lipinski definition) is 1. The van der Waals surface area contributed by atoms with E-state index in [0.717, 1.165) is 28.8 Å². The van der Waals surface area contributed by atoms with Gasteiger partial charge in [0.05, 0.1) is 0 Å². The number of allylic oxidation sites excluding steroid dienone is 1. The number of benzene rings is 1. The van der Waals surface area contributed by atoms with Gasteiger partial charge in [-0.15, -0.1) is 19.0 Å². The molecular formula is C18H16ClFN2. The van der Waals surface area contributed by atoms with Gasteiger partial charge in [0.15, 0.2) is 0 Å². The molecule has 0 fully saturated rings. The quantitative estimate of drug-likeness (QED) is 0.622. The first kappa shape index (κ1) is 16.0. The summed E-state index contributed by atoms with van der Waals surface area (Å²) in [4.78, 5) is 4.06. The van der Waals surface area contributed by atoms with Gasteiger partial charge in [-0.25, -0.2) is 4.39 Å². The van der Waals surface area contributed by atoms with E-state index in [-0.39, 0.29) is 18.2 Å². The van der Waals surface area contributed by atoms with E-state index >= 15 is 0 Å². The largest absolute Gasteiger partial charge is 0.349 e. The molecule has 2 aromatic heterocycles. The second-order valence-electron chi connectivity index (χ2n) is 4.81. The van der Waals surface area contributed by atoms with Gasteiger partial charge in [-0.05, 0) is 35.4 Å². The molecule has 0 radical (unpaired) electrons. The molecule has 0 bridgehead atoms. The summed E-state index contributed by atoms with van der Waals surface area (Å²) >= 11 is 0. The van der Waals surface area contributed by atoms with E-state index in [9.17, 15) is 4.39 Å². The van der Waals surface area contributed by atoms with Crippen LogP contribution in [0.25, 0.3) is 22.3 Å². The lowest BCUT2D eigenvalue weighted by Gasteiger charge is -2.04. The molecule has 0 aliphatic carbocycles. The topological polar surface area (TPSA) is 17.8 Å². The minimum Gasteiger partial charge on any atom is -0.349 e. The van der Waals surface area contributed by atoms with Gasteiger partial charge >= 0.3 is 0 Å². The molecule has 2 nitrogen and oxygen atoms in total. The fraction of sp³-hybridized carbons (Fsp3) is 0.0556. The van der Waals surface area contributed by atoms with Crippen molar-refractivity contribution in [2.45, 2.75) is 6.54 Å². The third-order valence-corrected chi connectivity index (χ3v) is 3.37. The summed E-state index contributed by atoms with van der Waals surface area (Å²) in [7, 11) is 0. The van der Waals surface area contributed by atoms with Crippen LogP contribution in [0.3, 0.4) is 0 Å². The SMILES string of the molecule is C=CCn1cc(-c2ccncc2)c(-c2ccc(F)cc2)c1.Cl. The van der Waals surface area contributed by atoms with Gasteiger partial charge in [0.25, 0.3) is 0 Å². The number of halogens is 2. The lowest BCUT2D eigenvalue weighted by atomic mass is 10.00. The Kier molecular flexibility index (Phi) is 5.12. The first-order chi connectivity index (χ1) is 10.3. The first-order valence-corrected chi connectivity index (χ1v) is 6.75. The molecular weight excluding hydrogens is 299 g/mol. The standard InChI is InChI=1S/C18H15FN2.ClH/c1-2-11-21-12-17(14-3-5-16(19)6-4-14)18(13-21)15-7-9-20-10-8-15;/h2-10,12-13H,1,11H2;1H. The summed E-state index contributed by atoms with van der Waals surface area (Å²) in [5, 5.41) is 0. The molecule has 22 heavy (non-hydrogen) atoms. The van der Waals surface area contributed by atoms with Crippen molar-refractivity contribution in [1.29, 1.82) is 0 Å². The van der Waals surface area contributed by atoms with Gasteiger partial charge in [0.1, 0.15) is 5.82 Å². The minimum atomic E-state index is -0.227. The first-order valence-electron chi connectivity index (χ1n) is 6.75. The highest BCUT2D eigenvalue weighted by atomic mass is 35.5. The second-order valence-corrected chi connectivity index (χ2v) is 4.81. The molecule has 0 saturated heterocycles. The van der Waals surface area contributed by atoms with E-state index in [1.54, 1.807) is 24.5 Å². The third-order valence-electron chi connectivity index (χ3n) is 3.37. The maximum Gasteiger partial charge on any atom is 0.123 e. The number of aromatic nitrogens is 2. The molecule has 4 heteroatoms. The van der Waals surface area contributed by atoms with Crippen LogP contribution in [0.1, 0.15) is 0 Å². The summed E-state index contributed by atoms with van der Waals surface area (Å²) in [6.45, 7) is 4.51. The van der Waals surface area contributed by atoms with Gasteiger partial charge in [-0.1, -0.05) is 18.2 Å². The van der Waals surface area contributed by atoms with Crippen molar-refractivity contribution >= 4 is 12.4 Å². The molecule has 2 heterocycles. The van der Waals surface area contributed by atoms with Crippen molar-refractivity contribution in [2.24, 2.45) is 0 Å². The monoisotopic (exact) mass is 314 g/mol. The normalized spacial score (nSPS) is 10.0. The molecule has 3 aromatic rings. The second kappa shape index (κ2) is 7.05. The fourth-order valence-corrected chi connectivity index (χ4v) is 2.38. The lowest BCUT2D eigenvalue weighted by Crippen LogP contribution is -1.88. The molecule has 1 aromatic carbocycles. The Morgan fingerprint density at radius 3 is 2.05 bits per heavy atom. The molecule has 112 valence electrons. The Morgan fingerprint density at radius 2 is 1.50 bits per heavy atom. The average molecular weight is 315 g/mol. The number of nitrogens with zero attached hydrogens (tertiary/aromatic N) is 2. The van der Waals surface area contributed by atoms with Crippen molar-refractivity contribution < 1.29 is 4.39 Å². The van der Waals surface area contributed by atoms with E-state index < -0.39 is 0 Å². The van der Waals surface area contributed by atoms with Crippen molar-refractivity contribution in [3.8, 4) is 22.3 Å². The molecule has 0 amide bonds. The third kappa shape index (κ3) is 3.26. The molecule has 0 saturated carbocycles. The Bertz CT molecular complexity index is 749. The number of hydrogen-bond donors (Lipinski definition) is 0. The summed E-state index contributed by atoms with van der Waals surface area (Å²) in [5.74, 6) is -0.227. The van der Waals surface area contributed by atoms with E-state index in [1.165, 1.54) is 12.1 Å². The van der Waals surface area contributed by atoms with Crippen LogP contribution in [0.5, 0.6) is 0 Å². The number of pyridine rings is 1. The number of rotatable bonds is 4. The maximum atomic E-state index is 13.1. The molecule has 3 rings (SSSR count). The van der Waals surface area contributed by atoms with E-state index in [4.69, 9.17) is 0 Å². The van der Waals surface area contributed by atoms with Gasteiger partial charge in [-0.3, -0.25) is 4.98 Å². The average Bonchev–Trinajstić information content (AvgIpc) is 2.93. The zero-order valence-electron chi connectivity index (χ0n) is 11.9. The molecule has 0 spiro atoms. The van der Waals surface area contributed by atoms with Crippen LogP contribution in [0.2, 0.25) is 0 Å². The summed E-state index contributed by atoms with van der Waals surface area (Å²) in [5.41, 5.74) is 4.26. The van der Waals surface area contributed by atoms with Gasteiger partial charge in [0.2, 0.25) is 0 Å². The maximum absolute atomic E-state index is 13.1. The predicted octanol–water partition coefficient (Wildman–Crippen LogP) is 4.96. The molecule has 0 aliphatic rings. The highest BCUT2D eigenvalue weighted by molar-refractivity contribution is 5.85. The Balaban J connectivity index is 0.00000176. The lowest BCUT2D eigenvalue weighted by molar-refractivity contribution is 0.628. The van der Waals surface area contributed by atoms with Crippen LogP contribution in [0, 0.1) is 5.82 Å². The molecule has 0 N–H and O–H groups in total. The van der Waals surface area contributed by atoms with Crippen LogP contribution < -0.4 is 0 Å². The molecule has 0 aliphatic heterocycles. The van der Waals surface area contributed by atoms with E-state index in [1.807, 2.05) is 18.2 Å². The Hall–Kier alpha value is -2.39. The van der Waals surface area contributed by atoms with Crippen LogP contribution in [-0.4, -0.2) is 9.55 Å². The minimum absolute atomic E-state index is 0. The smallest absolute Gasteiger partial charge is 0.123 e. The van der Waals surface area contributed by atoms with Crippen LogP contribution in [0.4, 0.5) is 4.39 Å². The van der Waals surface area contributed by atoms with Crippen molar-refractivity contribution in [2.75, 3.05) is 0 Å². The zero-order valence-corrected chi connectivity index (χ0v) is 12.8. The van der Waals surface area contributed by atoms with Crippen LogP contribution in [0.15, 0.2) is 73.8 Å². The highest BCUT2D eigenvalue weighted by Gasteiger charge is 2.10. The molecule has 0 unspecified atom stereocenters. The summed E-state index contributed by atoms with van der Waals surface area (Å²) < 4.78 is 15.2. The van der Waals surface area contributed by atoms with E-state index in [2.05, 4.69) is 28.5 Å². The highest BCUT2D eigenvalue weighted by Crippen LogP contribution is 2.33. The Labute approximate surface area is 135 Å². The van der Waals surface area contributed by atoms with Crippen molar-refractivity contribution in [3.05, 3.63) is 79.7 Å². The van der Waals surface area contributed by atoms with Crippen LogP contribution >= 0.6 is 12.4 Å².